The first-order chi connectivity index (χ1) is 16.6. The summed E-state index contributed by atoms with van der Waals surface area (Å²) in [7, 11) is 0. The van der Waals surface area contributed by atoms with Gasteiger partial charge < -0.3 is 20.3 Å². The minimum Gasteiger partial charge on any atom is -0.368 e. The highest BCUT2D eigenvalue weighted by Crippen LogP contribution is 2.36. The third-order valence-electron chi connectivity index (χ3n) is 7.40. The second kappa shape index (κ2) is 9.13. The third kappa shape index (κ3) is 4.24. The number of fused-ring (bicyclic) bond motifs is 4. The van der Waals surface area contributed by atoms with Crippen molar-refractivity contribution < 1.29 is 14.3 Å². The fourth-order valence-corrected chi connectivity index (χ4v) is 6.64. The average Bonchev–Trinajstić information content (AvgIpc) is 3.55. The number of hydrogen-bond donors (Lipinski definition) is 2. The van der Waals surface area contributed by atoms with E-state index in [4.69, 9.17) is 4.74 Å². The van der Waals surface area contributed by atoms with Crippen LogP contribution in [0.5, 0.6) is 0 Å². The highest BCUT2D eigenvalue weighted by atomic mass is 32.1. The number of nitrogens with one attached hydrogen (secondary N) is 2. The highest BCUT2D eigenvalue weighted by Gasteiger charge is 2.35. The predicted molar refractivity (Wildman–Crippen MR) is 135 cm³/mol. The van der Waals surface area contributed by atoms with Crippen LogP contribution in [0.25, 0.3) is 21.2 Å². The van der Waals surface area contributed by atoms with Crippen LogP contribution in [-0.4, -0.2) is 55.1 Å². The van der Waals surface area contributed by atoms with Gasteiger partial charge in [0.1, 0.15) is 6.10 Å². The predicted octanol–water partition coefficient (Wildman–Crippen LogP) is 4.51. The summed E-state index contributed by atoms with van der Waals surface area (Å²) in [6.07, 6.45) is 3.70. The Morgan fingerprint density at radius 1 is 1.03 bits per heavy atom. The molecule has 3 aromatic rings. The van der Waals surface area contributed by atoms with Crippen molar-refractivity contribution in [3.05, 3.63) is 53.4 Å². The molecular weight excluding hydrogens is 446 g/mol. The average molecular weight is 476 g/mol. The van der Waals surface area contributed by atoms with E-state index >= 15 is 0 Å². The van der Waals surface area contributed by atoms with Crippen molar-refractivity contribution in [2.24, 2.45) is 5.92 Å². The Labute approximate surface area is 203 Å². The summed E-state index contributed by atoms with van der Waals surface area (Å²) in [6, 6.07) is 16.3. The Kier molecular flexibility index (Phi) is 5.85. The molecule has 7 heteroatoms. The van der Waals surface area contributed by atoms with E-state index in [1.165, 1.54) is 12.8 Å². The lowest BCUT2D eigenvalue weighted by molar-refractivity contribution is -0.124. The van der Waals surface area contributed by atoms with Crippen LogP contribution in [0.1, 0.15) is 35.4 Å². The zero-order valence-electron chi connectivity index (χ0n) is 19.1. The van der Waals surface area contributed by atoms with Gasteiger partial charge in [0.2, 0.25) is 0 Å². The van der Waals surface area contributed by atoms with Crippen molar-refractivity contribution in [2.75, 3.05) is 31.6 Å². The number of nitrogens with zero attached hydrogens (tertiary/aromatic N) is 1. The summed E-state index contributed by atoms with van der Waals surface area (Å²) in [4.78, 5) is 28.8. The van der Waals surface area contributed by atoms with Crippen molar-refractivity contribution >= 4 is 38.9 Å². The summed E-state index contributed by atoms with van der Waals surface area (Å²) in [5.74, 6) is 0.547. The van der Waals surface area contributed by atoms with E-state index in [2.05, 4.69) is 27.7 Å². The lowest BCUT2D eigenvalue weighted by atomic mass is 9.84. The Balaban J connectivity index is 1.23. The number of ether oxygens (including phenoxy) is 1. The van der Waals surface area contributed by atoms with E-state index in [0.29, 0.717) is 12.5 Å². The van der Waals surface area contributed by atoms with Crippen molar-refractivity contribution in [1.29, 1.82) is 0 Å². The van der Waals surface area contributed by atoms with Crippen LogP contribution in [0, 0.1) is 5.92 Å². The quantitative estimate of drug-likeness (QED) is 0.570. The molecule has 34 heavy (non-hydrogen) atoms. The number of carbonyl (C=O) groups is 2. The number of piperidine rings is 3. The summed E-state index contributed by atoms with van der Waals surface area (Å²) in [6.45, 7) is 3.94. The number of anilines is 1. The van der Waals surface area contributed by atoms with Gasteiger partial charge in [0.05, 0.1) is 4.88 Å². The van der Waals surface area contributed by atoms with Crippen molar-refractivity contribution in [1.82, 2.24) is 10.2 Å². The summed E-state index contributed by atoms with van der Waals surface area (Å²) in [5.41, 5.74) is 2.84. The van der Waals surface area contributed by atoms with Gasteiger partial charge in [0, 0.05) is 29.6 Å². The molecule has 4 aliphatic rings. The number of carbonyl (C=O) groups excluding carboxylic acids is 2. The zero-order chi connectivity index (χ0) is 23.1. The molecule has 2 unspecified atom stereocenters. The standard InChI is InChI=1S/C27H29N3O3S/c31-26(23-8-3-13-33-23)28-20-6-1-4-18(14-20)21-7-2-5-19-15-24(34-25(19)21)27(32)29-22-16-30-11-9-17(22)10-12-30/h1-2,4-7,14-15,17,22-23H,3,8-13,16H2,(H,28,31)(H,29,32). The van der Waals surface area contributed by atoms with Gasteiger partial charge in [0.15, 0.2) is 0 Å². The minimum atomic E-state index is -0.360. The summed E-state index contributed by atoms with van der Waals surface area (Å²) in [5, 5.41) is 7.38. The first-order valence-electron chi connectivity index (χ1n) is 12.2. The second-order valence-corrected chi connectivity index (χ2v) is 10.7. The van der Waals surface area contributed by atoms with Gasteiger partial charge in [-0.15, -0.1) is 11.3 Å². The van der Waals surface area contributed by atoms with Crippen LogP contribution < -0.4 is 10.6 Å². The summed E-state index contributed by atoms with van der Waals surface area (Å²) >= 11 is 1.54. The molecule has 2 bridgehead atoms. The number of benzene rings is 2. The molecule has 2 amide bonds. The lowest BCUT2D eigenvalue weighted by Gasteiger charge is -2.44. The smallest absolute Gasteiger partial charge is 0.261 e. The van der Waals surface area contributed by atoms with Gasteiger partial charge in [0.25, 0.3) is 11.8 Å². The molecule has 176 valence electrons. The van der Waals surface area contributed by atoms with Crippen molar-refractivity contribution in [3.63, 3.8) is 0 Å². The van der Waals surface area contributed by atoms with Gasteiger partial charge in [-0.1, -0.05) is 30.3 Å². The number of amides is 2. The largest absolute Gasteiger partial charge is 0.368 e. The molecule has 6 nitrogen and oxygen atoms in total. The maximum atomic E-state index is 13.1. The molecule has 2 atom stereocenters. The normalized spacial score (nSPS) is 26.0. The fourth-order valence-electron chi connectivity index (χ4n) is 5.54. The van der Waals surface area contributed by atoms with Crippen LogP contribution >= 0.6 is 11.3 Å². The van der Waals surface area contributed by atoms with Crippen LogP contribution in [0.3, 0.4) is 0 Å². The van der Waals surface area contributed by atoms with Crippen LogP contribution in [-0.2, 0) is 9.53 Å². The number of hydrogen-bond acceptors (Lipinski definition) is 5. The monoisotopic (exact) mass is 475 g/mol. The molecule has 5 heterocycles. The molecule has 4 saturated heterocycles. The van der Waals surface area contributed by atoms with E-state index in [-0.39, 0.29) is 24.0 Å². The highest BCUT2D eigenvalue weighted by molar-refractivity contribution is 7.21. The van der Waals surface area contributed by atoms with E-state index in [0.717, 1.165) is 64.3 Å². The van der Waals surface area contributed by atoms with Crippen LogP contribution in [0.2, 0.25) is 0 Å². The molecule has 0 spiro atoms. The third-order valence-corrected chi connectivity index (χ3v) is 8.59. The molecule has 0 saturated carbocycles. The van der Waals surface area contributed by atoms with Crippen LogP contribution in [0.4, 0.5) is 5.69 Å². The Morgan fingerprint density at radius 3 is 2.65 bits per heavy atom. The van der Waals surface area contributed by atoms with Crippen molar-refractivity contribution in [2.45, 2.75) is 37.8 Å². The van der Waals surface area contributed by atoms with E-state index < -0.39 is 0 Å². The van der Waals surface area contributed by atoms with Gasteiger partial charge in [-0.25, -0.2) is 0 Å². The number of rotatable bonds is 5. The molecule has 0 radical (unpaired) electrons. The van der Waals surface area contributed by atoms with Gasteiger partial charge in [-0.3, -0.25) is 9.59 Å². The molecule has 2 N–H and O–H groups in total. The Hall–Kier alpha value is -2.74. The number of thiophene rings is 1. The maximum Gasteiger partial charge on any atom is 0.261 e. The minimum absolute atomic E-state index is 0.0310. The van der Waals surface area contributed by atoms with E-state index in [1.54, 1.807) is 11.3 Å². The first kappa shape index (κ1) is 21.8. The molecular formula is C27H29N3O3S. The van der Waals surface area contributed by atoms with Gasteiger partial charge >= 0.3 is 0 Å². The zero-order valence-corrected chi connectivity index (χ0v) is 19.9. The molecule has 0 aliphatic carbocycles. The van der Waals surface area contributed by atoms with E-state index in [1.807, 2.05) is 36.4 Å². The molecule has 2 aromatic carbocycles. The second-order valence-electron chi connectivity index (χ2n) is 9.62. The fraction of sp³-hybridized carbons (Fsp3) is 0.407. The first-order valence-corrected chi connectivity index (χ1v) is 13.0. The summed E-state index contributed by atoms with van der Waals surface area (Å²) < 4.78 is 6.59. The molecule has 1 aromatic heterocycles. The Bertz CT molecular complexity index is 1220. The van der Waals surface area contributed by atoms with Gasteiger partial charge in [-0.05, 0) is 79.4 Å². The van der Waals surface area contributed by atoms with Crippen molar-refractivity contribution in [3.8, 4) is 11.1 Å². The molecule has 7 rings (SSSR count). The molecule has 4 aliphatic heterocycles. The maximum absolute atomic E-state index is 13.1. The molecule has 4 fully saturated rings. The SMILES string of the molecule is O=C(NC1CN2CCC1CC2)c1cc2cccc(-c3cccc(NC(=O)C4CCCO4)c3)c2s1. The Morgan fingerprint density at radius 2 is 1.88 bits per heavy atom. The van der Waals surface area contributed by atoms with Crippen LogP contribution in [0.15, 0.2) is 48.5 Å². The van der Waals surface area contributed by atoms with E-state index in [9.17, 15) is 9.59 Å². The van der Waals surface area contributed by atoms with Gasteiger partial charge in [-0.2, -0.15) is 0 Å². The lowest BCUT2D eigenvalue weighted by Crippen LogP contribution is -2.57. The topological polar surface area (TPSA) is 70.7 Å².